The summed E-state index contributed by atoms with van der Waals surface area (Å²) in [4.78, 5) is 16.4. The summed E-state index contributed by atoms with van der Waals surface area (Å²) < 4.78 is 0. The van der Waals surface area contributed by atoms with Gasteiger partial charge in [0.2, 0.25) is 0 Å². The molecule has 5 heteroatoms. The molecule has 1 heterocycles. The van der Waals surface area contributed by atoms with Crippen LogP contribution in [0.25, 0.3) is 0 Å². The molecule has 0 aliphatic rings. The highest BCUT2D eigenvalue weighted by Gasteiger charge is 2.22. The third-order valence-corrected chi connectivity index (χ3v) is 2.34. The molecule has 0 saturated heterocycles. The fourth-order valence-corrected chi connectivity index (χ4v) is 1.62. The smallest absolute Gasteiger partial charge is 0.270 e. The quantitative estimate of drug-likeness (QED) is 0.850. The lowest BCUT2D eigenvalue weighted by Crippen LogP contribution is -2.42. The lowest BCUT2D eigenvalue weighted by Gasteiger charge is -2.27. The molecule has 1 aromatic heterocycles. The molecular weight excluding hydrogens is 228 g/mol. The molecule has 0 radical (unpaired) electrons. The first-order valence-electron chi connectivity index (χ1n) is 5.19. The molecule has 1 rings (SSSR count). The van der Waals surface area contributed by atoms with Crippen LogP contribution in [-0.4, -0.2) is 39.6 Å². The number of nitrogens with one attached hydrogen (secondary N) is 1. The monoisotopic (exact) mass is 244 g/mol. The largest absolute Gasteiger partial charge is 0.389 e. The molecule has 0 bridgehead atoms. The normalized spacial score (nSPS) is 11.6. The molecule has 0 spiro atoms. The van der Waals surface area contributed by atoms with Crippen molar-refractivity contribution in [1.29, 1.82) is 0 Å². The van der Waals surface area contributed by atoms with Crippen LogP contribution in [0.4, 0.5) is 0 Å². The van der Waals surface area contributed by atoms with Gasteiger partial charge in [-0.1, -0.05) is 11.6 Å². The molecule has 1 aromatic rings. The fraction of sp³-hybridized carbons (Fsp3) is 0.545. The maximum atomic E-state index is 12.0. The Balaban J connectivity index is 2.78. The summed E-state index contributed by atoms with van der Waals surface area (Å²) in [6.45, 7) is 6.04. The van der Waals surface area contributed by atoms with Gasteiger partial charge in [-0.3, -0.25) is 4.79 Å². The lowest BCUT2D eigenvalue weighted by molar-refractivity contribution is 0.0312. The van der Waals surface area contributed by atoms with E-state index in [1.54, 1.807) is 31.0 Å². The predicted molar refractivity (Wildman–Crippen MR) is 63.7 cm³/mol. The number of amides is 1. The van der Waals surface area contributed by atoms with Gasteiger partial charge in [0.1, 0.15) is 5.69 Å². The number of hydrogen-bond donors (Lipinski definition) is 2. The highest BCUT2D eigenvalue weighted by atomic mass is 35.5. The first-order valence-corrected chi connectivity index (χ1v) is 5.57. The Kier molecular flexibility index (Phi) is 3.99. The Morgan fingerprint density at radius 3 is 2.62 bits per heavy atom. The van der Waals surface area contributed by atoms with Crippen LogP contribution in [0.1, 0.15) is 31.3 Å². The van der Waals surface area contributed by atoms with Crippen molar-refractivity contribution in [2.24, 2.45) is 0 Å². The van der Waals surface area contributed by atoms with E-state index in [2.05, 4.69) is 4.98 Å². The number of nitrogens with zero attached hydrogens (tertiary/aromatic N) is 1. The topological polar surface area (TPSA) is 56.3 Å². The average Bonchev–Trinajstić information content (AvgIpc) is 2.58. The number of rotatable bonds is 4. The van der Waals surface area contributed by atoms with Crippen LogP contribution >= 0.6 is 11.6 Å². The van der Waals surface area contributed by atoms with Crippen LogP contribution < -0.4 is 0 Å². The van der Waals surface area contributed by atoms with Crippen molar-refractivity contribution >= 4 is 17.5 Å². The van der Waals surface area contributed by atoms with E-state index in [-0.39, 0.29) is 5.91 Å². The van der Waals surface area contributed by atoms with Crippen LogP contribution in [0.5, 0.6) is 0 Å². The molecule has 0 aliphatic carbocycles. The predicted octanol–water partition coefficient (Wildman–Crippen LogP) is 1.90. The van der Waals surface area contributed by atoms with E-state index < -0.39 is 5.60 Å². The number of aliphatic hydroxyl groups is 1. The summed E-state index contributed by atoms with van der Waals surface area (Å²) in [6.07, 6.45) is 1.56. The van der Waals surface area contributed by atoms with Crippen LogP contribution in [0, 0.1) is 0 Å². The van der Waals surface area contributed by atoms with Crippen molar-refractivity contribution in [2.75, 3.05) is 13.1 Å². The molecule has 0 aliphatic heterocycles. The van der Waals surface area contributed by atoms with Gasteiger partial charge in [-0.2, -0.15) is 0 Å². The van der Waals surface area contributed by atoms with Crippen LogP contribution in [0.3, 0.4) is 0 Å². The Labute approximate surface area is 100 Å². The van der Waals surface area contributed by atoms with E-state index >= 15 is 0 Å². The zero-order chi connectivity index (χ0) is 12.3. The molecule has 90 valence electrons. The minimum absolute atomic E-state index is 0.156. The van der Waals surface area contributed by atoms with E-state index in [1.807, 2.05) is 6.92 Å². The van der Waals surface area contributed by atoms with Gasteiger partial charge in [0.25, 0.3) is 5.91 Å². The van der Waals surface area contributed by atoms with Gasteiger partial charge in [-0.05, 0) is 26.8 Å². The van der Waals surface area contributed by atoms with Gasteiger partial charge in [-0.15, -0.1) is 0 Å². The second-order valence-corrected chi connectivity index (χ2v) is 4.80. The SMILES string of the molecule is CCN(CC(C)(C)O)C(=O)c1cc(Cl)c[nH]1. The molecule has 16 heavy (non-hydrogen) atoms. The Morgan fingerprint density at radius 1 is 1.62 bits per heavy atom. The maximum Gasteiger partial charge on any atom is 0.270 e. The van der Waals surface area contributed by atoms with Crippen molar-refractivity contribution in [3.05, 3.63) is 23.0 Å². The Bertz CT molecular complexity index is 368. The summed E-state index contributed by atoms with van der Waals surface area (Å²) in [6, 6.07) is 1.58. The maximum absolute atomic E-state index is 12.0. The van der Waals surface area contributed by atoms with E-state index in [1.165, 1.54) is 0 Å². The van der Waals surface area contributed by atoms with Gasteiger partial charge in [0, 0.05) is 19.3 Å². The van der Waals surface area contributed by atoms with Crippen molar-refractivity contribution < 1.29 is 9.90 Å². The number of likely N-dealkylation sites (N-methyl/N-ethyl adjacent to an activating group) is 1. The minimum atomic E-state index is -0.901. The summed E-state index contributed by atoms with van der Waals surface area (Å²) in [5, 5.41) is 10.2. The molecule has 0 fully saturated rings. The van der Waals surface area contributed by atoms with Gasteiger partial charge in [0.05, 0.1) is 10.6 Å². The summed E-state index contributed by atoms with van der Waals surface area (Å²) in [7, 11) is 0. The third kappa shape index (κ3) is 3.54. The number of carbonyl (C=O) groups is 1. The second-order valence-electron chi connectivity index (χ2n) is 4.36. The van der Waals surface area contributed by atoms with Crippen LogP contribution in [0.2, 0.25) is 5.02 Å². The highest BCUT2D eigenvalue weighted by Crippen LogP contribution is 2.13. The van der Waals surface area contributed by atoms with E-state index in [0.29, 0.717) is 23.8 Å². The summed E-state index contributed by atoms with van der Waals surface area (Å²) >= 11 is 5.73. The molecule has 1 amide bonds. The molecule has 0 unspecified atom stereocenters. The number of aromatic nitrogens is 1. The van der Waals surface area contributed by atoms with Gasteiger partial charge in [-0.25, -0.2) is 0 Å². The highest BCUT2D eigenvalue weighted by molar-refractivity contribution is 6.30. The minimum Gasteiger partial charge on any atom is -0.389 e. The number of halogens is 1. The fourth-order valence-electron chi connectivity index (χ4n) is 1.46. The second kappa shape index (κ2) is 4.89. The van der Waals surface area contributed by atoms with Gasteiger partial charge >= 0.3 is 0 Å². The molecule has 4 nitrogen and oxygen atoms in total. The van der Waals surface area contributed by atoms with Crippen molar-refractivity contribution in [3.8, 4) is 0 Å². The number of H-pyrrole nitrogens is 1. The molecular formula is C11H17ClN2O2. The van der Waals surface area contributed by atoms with Crippen LogP contribution in [-0.2, 0) is 0 Å². The van der Waals surface area contributed by atoms with Gasteiger partial charge < -0.3 is 15.0 Å². The van der Waals surface area contributed by atoms with Crippen molar-refractivity contribution in [1.82, 2.24) is 9.88 Å². The third-order valence-electron chi connectivity index (χ3n) is 2.12. The van der Waals surface area contributed by atoms with Gasteiger partial charge in [0.15, 0.2) is 0 Å². The zero-order valence-electron chi connectivity index (χ0n) is 9.75. The number of hydrogen-bond acceptors (Lipinski definition) is 2. The first-order chi connectivity index (χ1) is 7.33. The standard InChI is InChI=1S/C11H17ClN2O2/c1-4-14(7-11(2,3)16)10(15)9-5-8(12)6-13-9/h5-6,13,16H,4,7H2,1-3H3. The van der Waals surface area contributed by atoms with Crippen LogP contribution in [0.15, 0.2) is 12.3 Å². The summed E-state index contributed by atoms with van der Waals surface area (Å²) in [5.74, 6) is -0.156. The first kappa shape index (κ1) is 13.1. The Hall–Kier alpha value is -1.00. The molecule has 0 aromatic carbocycles. The van der Waals surface area contributed by atoms with Crippen molar-refractivity contribution in [2.45, 2.75) is 26.4 Å². The average molecular weight is 245 g/mol. The van der Waals surface area contributed by atoms with E-state index in [9.17, 15) is 9.90 Å². The molecule has 0 saturated carbocycles. The van der Waals surface area contributed by atoms with E-state index in [4.69, 9.17) is 11.6 Å². The Morgan fingerprint density at radius 2 is 2.25 bits per heavy atom. The molecule has 0 atom stereocenters. The summed E-state index contributed by atoms with van der Waals surface area (Å²) in [5.41, 5.74) is -0.460. The number of carbonyl (C=O) groups excluding carboxylic acids is 1. The zero-order valence-corrected chi connectivity index (χ0v) is 10.5. The van der Waals surface area contributed by atoms with Crippen molar-refractivity contribution in [3.63, 3.8) is 0 Å². The number of aromatic amines is 1. The molecule has 2 N–H and O–H groups in total. The lowest BCUT2D eigenvalue weighted by atomic mass is 10.1. The van der Waals surface area contributed by atoms with E-state index in [0.717, 1.165) is 0 Å².